The zero-order valence-electron chi connectivity index (χ0n) is 11.7. The van der Waals surface area contributed by atoms with E-state index in [4.69, 9.17) is 16.3 Å². The van der Waals surface area contributed by atoms with Gasteiger partial charge < -0.3 is 10.1 Å². The third-order valence-electron chi connectivity index (χ3n) is 3.16. The van der Waals surface area contributed by atoms with E-state index in [0.717, 1.165) is 30.4 Å². The van der Waals surface area contributed by atoms with Gasteiger partial charge in [0, 0.05) is 0 Å². The molecule has 0 bridgehead atoms. The molecule has 0 spiro atoms. The lowest BCUT2D eigenvalue weighted by molar-refractivity contribution is -0.686. The second kappa shape index (κ2) is 8.39. The molecular formula is C15H25ClNO+. The van der Waals surface area contributed by atoms with Crippen molar-refractivity contribution in [3.8, 4) is 5.75 Å². The summed E-state index contributed by atoms with van der Waals surface area (Å²) >= 11 is 6.10. The molecule has 1 rings (SSSR count). The van der Waals surface area contributed by atoms with Gasteiger partial charge >= 0.3 is 0 Å². The normalized spacial score (nSPS) is 12.4. The molecule has 0 aliphatic heterocycles. The third-order valence-corrected chi connectivity index (χ3v) is 3.45. The Morgan fingerprint density at radius 1 is 1.33 bits per heavy atom. The van der Waals surface area contributed by atoms with Gasteiger partial charge in [-0.25, -0.2) is 0 Å². The fourth-order valence-corrected chi connectivity index (χ4v) is 2.01. The highest BCUT2D eigenvalue weighted by Crippen LogP contribution is 2.25. The van der Waals surface area contributed by atoms with Gasteiger partial charge in [0.1, 0.15) is 5.75 Å². The SMILES string of the molecule is CC[C@H](C)[NH2+]CCCCOc1ccc(C)cc1Cl. The van der Waals surface area contributed by atoms with E-state index >= 15 is 0 Å². The van der Waals surface area contributed by atoms with Gasteiger partial charge in [-0.3, -0.25) is 0 Å². The minimum absolute atomic E-state index is 0.709. The quantitative estimate of drug-likeness (QED) is 0.722. The predicted molar refractivity (Wildman–Crippen MR) is 77.5 cm³/mol. The van der Waals surface area contributed by atoms with Crippen LogP contribution >= 0.6 is 11.6 Å². The minimum atomic E-state index is 0.709. The first-order chi connectivity index (χ1) is 8.63. The molecule has 1 aromatic carbocycles. The number of unbranched alkanes of at least 4 members (excludes halogenated alkanes) is 1. The van der Waals surface area contributed by atoms with Gasteiger partial charge in [0.05, 0.1) is 24.2 Å². The summed E-state index contributed by atoms with van der Waals surface area (Å²) in [7, 11) is 0. The fraction of sp³-hybridized carbons (Fsp3) is 0.600. The zero-order chi connectivity index (χ0) is 13.4. The Morgan fingerprint density at radius 3 is 2.78 bits per heavy atom. The average Bonchev–Trinajstić information content (AvgIpc) is 2.35. The summed E-state index contributed by atoms with van der Waals surface area (Å²) in [4.78, 5) is 0. The van der Waals surface area contributed by atoms with E-state index in [0.29, 0.717) is 5.02 Å². The van der Waals surface area contributed by atoms with Crippen molar-refractivity contribution in [1.29, 1.82) is 0 Å². The van der Waals surface area contributed by atoms with Crippen LogP contribution in [0.3, 0.4) is 0 Å². The van der Waals surface area contributed by atoms with E-state index in [1.807, 2.05) is 25.1 Å². The summed E-state index contributed by atoms with van der Waals surface area (Å²) in [5.41, 5.74) is 1.16. The molecule has 0 saturated heterocycles. The highest BCUT2D eigenvalue weighted by atomic mass is 35.5. The van der Waals surface area contributed by atoms with Crippen molar-refractivity contribution in [3.63, 3.8) is 0 Å². The standard InChI is InChI=1S/C15H24ClNO/c1-4-13(3)17-9-5-6-10-18-15-8-7-12(2)11-14(15)16/h7-8,11,13,17H,4-6,9-10H2,1-3H3/p+1/t13-/m0/s1. The molecule has 0 aliphatic rings. The molecular weight excluding hydrogens is 246 g/mol. The summed E-state index contributed by atoms with van der Waals surface area (Å²) in [6.45, 7) is 8.45. The maximum atomic E-state index is 6.10. The van der Waals surface area contributed by atoms with Crippen LogP contribution in [0.4, 0.5) is 0 Å². The van der Waals surface area contributed by atoms with Crippen molar-refractivity contribution in [2.45, 2.75) is 46.1 Å². The Balaban J connectivity index is 2.14. The maximum absolute atomic E-state index is 6.10. The summed E-state index contributed by atoms with van der Waals surface area (Å²) < 4.78 is 5.68. The molecule has 0 heterocycles. The van der Waals surface area contributed by atoms with Gasteiger partial charge in [-0.05, 0) is 50.8 Å². The molecule has 1 aromatic rings. The van der Waals surface area contributed by atoms with Gasteiger partial charge in [-0.2, -0.15) is 0 Å². The van der Waals surface area contributed by atoms with Crippen LogP contribution in [-0.4, -0.2) is 19.2 Å². The summed E-state index contributed by atoms with van der Waals surface area (Å²) in [5, 5.41) is 3.11. The lowest BCUT2D eigenvalue weighted by Gasteiger charge is -2.09. The molecule has 0 unspecified atom stereocenters. The first-order valence-corrected chi connectivity index (χ1v) is 7.23. The number of halogens is 1. The van der Waals surface area contributed by atoms with Crippen LogP contribution in [0.5, 0.6) is 5.75 Å². The van der Waals surface area contributed by atoms with Crippen LogP contribution in [0.2, 0.25) is 5.02 Å². The number of ether oxygens (including phenoxy) is 1. The van der Waals surface area contributed by atoms with Gasteiger partial charge in [0.15, 0.2) is 0 Å². The Kier molecular flexibility index (Phi) is 7.14. The largest absolute Gasteiger partial charge is 0.492 e. The Morgan fingerprint density at radius 2 is 2.11 bits per heavy atom. The topological polar surface area (TPSA) is 25.8 Å². The second-order valence-electron chi connectivity index (χ2n) is 4.90. The van der Waals surface area contributed by atoms with Crippen molar-refractivity contribution in [3.05, 3.63) is 28.8 Å². The highest BCUT2D eigenvalue weighted by molar-refractivity contribution is 6.32. The van der Waals surface area contributed by atoms with Crippen LogP contribution in [-0.2, 0) is 0 Å². The van der Waals surface area contributed by atoms with E-state index < -0.39 is 0 Å². The number of aryl methyl sites for hydroxylation is 1. The molecule has 0 aromatic heterocycles. The Hall–Kier alpha value is -0.730. The number of hydrogen-bond acceptors (Lipinski definition) is 1. The summed E-state index contributed by atoms with van der Waals surface area (Å²) in [6.07, 6.45) is 3.50. The molecule has 0 radical (unpaired) electrons. The molecule has 102 valence electrons. The summed E-state index contributed by atoms with van der Waals surface area (Å²) in [5.74, 6) is 0.799. The number of quaternary nitrogens is 1. The maximum Gasteiger partial charge on any atom is 0.137 e. The molecule has 0 amide bonds. The number of nitrogens with two attached hydrogens (primary N) is 1. The highest BCUT2D eigenvalue weighted by Gasteiger charge is 2.02. The number of hydrogen-bond donors (Lipinski definition) is 1. The molecule has 2 N–H and O–H groups in total. The first-order valence-electron chi connectivity index (χ1n) is 6.85. The molecule has 2 nitrogen and oxygen atoms in total. The smallest absolute Gasteiger partial charge is 0.137 e. The summed E-state index contributed by atoms with van der Waals surface area (Å²) in [6, 6.07) is 6.64. The van der Waals surface area contributed by atoms with Crippen LogP contribution < -0.4 is 10.1 Å². The van der Waals surface area contributed by atoms with Crippen molar-refractivity contribution >= 4 is 11.6 Å². The number of rotatable bonds is 8. The van der Waals surface area contributed by atoms with Crippen molar-refractivity contribution in [1.82, 2.24) is 0 Å². The molecule has 1 atom stereocenters. The van der Waals surface area contributed by atoms with E-state index in [2.05, 4.69) is 19.2 Å². The van der Waals surface area contributed by atoms with E-state index in [-0.39, 0.29) is 0 Å². The van der Waals surface area contributed by atoms with Crippen LogP contribution in [0.25, 0.3) is 0 Å². The van der Waals surface area contributed by atoms with Gasteiger partial charge in [0.25, 0.3) is 0 Å². The molecule has 0 aliphatic carbocycles. The van der Waals surface area contributed by atoms with E-state index in [1.165, 1.54) is 19.4 Å². The van der Waals surface area contributed by atoms with Crippen molar-refractivity contribution in [2.75, 3.05) is 13.2 Å². The molecule has 3 heteroatoms. The van der Waals surface area contributed by atoms with Gasteiger partial charge in [-0.15, -0.1) is 0 Å². The monoisotopic (exact) mass is 270 g/mol. The van der Waals surface area contributed by atoms with Crippen LogP contribution in [0.1, 0.15) is 38.7 Å². The molecule has 18 heavy (non-hydrogen) atoms. The third kappa shape index (κ3) is 5.74. The minimum Gasteiger partial charge on any atom is -0.492 e. The van der Waals surface area contributed by atoms with Crippen molar-refractivity contribution in [2.24, 2.45) is 0 Å². The van der Waals surface area contributed by atoms with Gasteiger partial charge in [-0.1, -0.05) is 24.6 Å². The second-order valence-corrected chi connectivity index (χ2v) is 5.31. The van der Waals surface area contributed by atoms with Gasteiger partial charge in [0.2, 0.25) is 0 Å². The van der Waals surface area contributed by atoms with Crippen LogP contribution in [0.15, 0.2) is 18.2 Å². The lowest BCUT2D eigenvalue weighted by atomic mass is 10.2. The molecule has 0 saturated carbocycles. The first kappa shape index (κ1) is 15.3. The van der Waals surface area contributed by atoms with E-state index in [1.54, 1.807) is 0 Å². The zero-order valence-corrected chi connectivity index (χ0v) is 12.5. The Bertz CT molecular complexity index is 354. The Labute approximate surface area is 116 Å². The van der Waals surface area contributed by atoms with Crippen molar-refractivity contribution < 1.29 is 10.1 Å². The average molecular weight is 271 g/mol. The van der Waals surface area contributed by atoms with Crippen LogP contribution in [0, 0.1) is 6.92 Å². The fourth-order valence-electron chi connectivity index (χ4n) is 1.72. The van der Waals surface area contributed by atoms with E-state index in [9.17, 15) is 0 Å². The number of benzene rings is 1. The molecule has 0 fully saturated rings. The predicted octanol–water partition coefficient (Wildman–Crippen LogP) is 3.17. The lowest BCUT2D eigenvalue weighted by Crippen LogP contribution is -2.89.